The van der Waals surface area contributed by atoms with Crippen molar-refractivity contribution in [2.75, 3.05) is 17.2 Å². The van der Waals surface area contributed by atoms with E-state index in [9.17, 15) is 14.5 Å². The summed E-state index contributed by atoms with van der Waals surface area (Å²) in [5.41, 5.74) is 3.20. The molecule has 0 fully saturated rings. The number of fused-ring (bicyclic) bond motifs is 1. The number of hydrogen-bond donors (Lipinski definition) is 2. The van der Waals surface area contributed by atoms with Crippen molar-refractivity contribution in [1.82, 2.24) is 4.72 Å². The Balaban J connectivity index is 1.88. The number of nitrogens with one attached hydrogen (secondary N) is 1. The van der Waals surface area contributed by atoms with E-state index in [1.807, 2.05) is 56.8 Å². The van der Waals surface area contributed by atoms with Gasteiger partial charge < -0.3 is 14.6 Å². The van der Waals surface area contributed by atoms with Gasteiger partial charge in [0, 0.05) is 35.1 Å². The van der Waals surface area contributed by atoms with Gasteiger partial charge in [0.05, 0.1) is 18.2 Å². The van der Waals surface area contributed by atoms with Gasteiger partial charge in [-0.25, -0.2) is 0 Å². The molecule has 2 aromatic rings. The molecule has 0 amide bonds. The number of rotatable bonds is 7. The van der Waals surface area contributed by atoms with Gasteiger partial charge in [-0.3, -0.25) is 4.79 Å². The van der Waals surface area contributed by atoms with Crippen LogP contribution in [0.5, 0.6) is 0 Å². The summed E-state index contributed by atoms with van der Waals surface area (Å²) < 4.78 is 15.2. The maximum Gasteiger partial charge on any atom is 0.305 e. The van der Waals surface area contributed by atoms with Crippen LogP contribution in [0, 0.1) is 0 Å². The first-order valence-electron chi connectivity index (χ1n) is 9.69. The highest BCUT2D eigenvalue weighted by molar-refractivity contribution is 7.99. The molecule has 0 saturated carbocycles. The second kappa shape index (κ2) is 9.43. The van der Waals surface area contributed by atoms with Crippen LogP contribution in [0.25, 0.3) is 0 Å². The van der Waals surface area contributed by atoms with Crippen LogP contribution in [0.15, 0.2) is 53.4 Å². The van der Waals surface area contributed by atoms with Gasteiger partial charge in [-0.2, -0.15) is 0 Å². The van der Waals surface area contributed by atoms with E-state index in [4.69, 9.17) is 0 Å². The van der Waals surface area contributed by atoms with Crippen molar-refractivity contribution in [3.63, 3.8) is 0 Å². The lowest BCUT2D eigenvalue weighted by atomic mass is 10.0. The fourth-order valence-electron chi connectivity index (χ4n) is 3.18. The number of hydrogen-bond acceptors (Lipinski definition) is 5. The van der Waals surface area contributed by atoms with Gasteiger partial charge in [0.2, 0.25) is 0 Å². The van der Waals surface area contributed by atoms with Crippen LogP contribution in [0.1, 0.15) is 44.4 Å². The molecule has 0 bridgehead atoms. The SMILES string of the molecule is CC(C)(C)[S+]([O-])NC(CC(=O)O)c1ccc2c(c1)N(Cc1ccccc1)CCS2. The number of nitrogens with zero attached hydrogens (tertiary/aromatic N) is 1. The summed E-state index contributed by atoms with van der Waals surface area (Å²) in [6, 6.07) is 15.9. The maximum atomic E-state index is 12.6. The van der Waals surface area contributed by atoms with Gasteiger partial charge in [0.1, 0.15) is 4.75 Å². The average Bonchev–Trinajstić information content (AvgIpc) is 2.67. The molecule has 2 atom stereocenters. The Hall–Kier alpha value is -1.67. The van der Waals surface area contributed by atoms with Crippen molar-refractivity contribution in [1.29, 1.82) is 0 Å². The summed E-state index contributed by atoms with van der Waals surface area (Å²) in [4.78, 5) is 15.0. The van der Waals surface area contributed by atoms with Gasteiger partial charge >= 0.3 is 5.97 Å². The van der Waals surface area contributed by atoms with Crippen LogP contribution >= 0.6 is 11.8 Å². The molecule has 156 valence electrons. The molecule has 7 heteroatoms. The van der Waals surface area contributed by atoms with Crippen LogP contribution in [0.2, 0.25) is 0 Å². The number of carboxylic acids is 1. The molecular weight excluding hydrogens is 404 g/mol. The molecule has 0 saturated heterocycles. The van der Waals surface area contributed by atoms with Crippen molar-refractivity contribution >= 4 is 34.8 Å². The zero-order chi connectivity index (χ0) is 21.0. The zero-order valence-corrected chi connectivity index (χ0v) is 18.7. The number of anilines is 1. The van der Waals surface area contributed by atoms with Gasteiger partial charge in [-0.05, 0) is 44.0 Å². The van der Waals surface area contributed by atoms with E-state index in [-0.39, 0.29) is 6.42 Å². The molecule has 2 unspecified atom stereocenters. The second-order valence-corrected chi connectivity index (χ2v) is 11.3. The number of carboxylic acid groups (broad SMARTS) is 1. The highest BCUT2D eigenvalue weighted by atomic mass is 32.2. The number of aliphatic carboxylic acids is 1. The Labute approximate surface area is 180 Å². The van der Waals surface area contributed by atoms with Crippen molar-refractivity contribution < 1.29 is 14.5 Å². The summed E-state index contributed by atoms with van der Waals surface area (Å²) in [6.07, 6.45) is -0.119. The van der Waals surface area contributed by atoms with Crippen LogP contribution in [0.4, 0.5) is 5.69 Å². The molecule has 3 rings (SSSR count). The summed E-state index contributed by atoms with van der Waals surface area (Å²) in [5, 5.41) is 9.39. The summed E-state index contributed by atoms with van der Waals surface area (Å²) in [7, 11) is 0. The molecule has 1 heterocycles. The highest BCUT2D eigenvalue weighted by Crippen LogP contribution is 2.38. The summed E-state index contributed by atoms with van der Waals surface area (Å²) in [5.74, 6) is 0.103. The third-order valence-electron chi connectivity index (χ3n) is 4.75. The van der Waals surface area contributed by atoms with Gasteiger partial charge in [0.15, 0.2) is 0 Å². The molecule has 5 nitrogen and oxygen atoms in total. The average molecular weight is 433 g/mol. The summed E-state index contributed by atoms with van der Waals surface area (Å²) in [6.45, 7) is 7.36. The van der Waals surface area contributed by atoms with E-state index in [1.54, 1.807) is 0 Å². The van der Waals surface area contributed by atoms with E-state index >= 15 is 0 Å². The van der Waals surface area contributed by atoms with Crippen molar-refractivity contribution in [2.45, 2.75) is 49.4 Å². The minimum Gasteiger partial charge on any atom is -0.598 e. The predicted octanol–water partition coefficient (Wildman–Crippen LogP) is 4.37. The van der Waals surface area contributed by atoms with Crippen LogP contribution < -0.4 is 9.62 Å². The number of carbonyl (C=O) groups is 1. The molecule has 1 aliphatic heterocycles. The van der Waals surface area contributed by atoms with E-state index in [1.165, 1.54) is 10.5 Å². The third kappa shape index (κ3) is 5.92. The van der Waals surface area contributed by atoms with Crippen LogP contribution in [-0.4, -0.2) is 32.7 Å². The minimum absolute atomic E-state index is 0.119. The smallest absolute Gasteiger partial charge is 0.305 e. The Morgan fingerprint density at radius 3 is 2.66 bits per heavy atom. The standard InChI is InChI=1S/C22H28N2O3S2/c1-22(2,3)29(27)23-18(14-21(25)26)17-9-10-20-19(13-17)24(11-12-28-20)15-16-7-5-4-6-8-16/h4-10,13,18,23H,11-12,14-15H2,1-3H3,(H,25,26). The third-order valence-corrected chi connectivity index (χ3v) is 7.40. The van der Waals surface area contributed by atoms with E-state index in [0.717, 1.165) is 30.1 Å². The zero-order valence-electron chi connectivity index (χ0n) is 17.1. The largest absolute Gasteiger partial charge is 0.598 e. The van der Waals surface area contributed by atoms with Gasteiger partial charge in [0.25, 0.3) is 0 Å². The van der Waals surface area contributed by atoms with Crippen LogP contribution in [-0.2, 0) is 22.7 Å². The molecule has 29 heavy (non-hydrogen) atoms. The van der Waals surface area contributed by atoms with E-state index in [2.05, 4.69) is 33.9 Å². The van der Waals surface area contributed by atoms with Crippen molar-refractivity contribution in [2.24, 2.45) is 0 Å². The normalized spacial score (nSPS) is 16.2. The molecular formula is C22H28N2O3S2. The lowest BCUT2D eigenvalue weighted by Crippen LogP contribution is -2.42. The quantitative estimate of drug-likeness (QED) is 0.633. The maximum absolute atomic E-state index is 12.6. The number of benzene rings is 2. The second-order valence-electron chi connectivity index (χ2n) is 8.13. The number of thioether (sulfide) groups is 1. The van der Waals surface area contributed by atoms with Crippen LogP contribution in [0.3, 0.4) is 0 Å². The fraction of sp³-hybridized carbons (Fsp3) is 0.409. The monoisotopic (exact) mass is 432 g/mol. The van der Waals surface area contributed by atoms with Crippen molar-refractivity contribution in [3.8, 4) is 0 Å². The molecule has 0 aromatic heterocycles. The molecule has 2 aromatic carbocycles. The fourth-order valence-corrected chi connectivity index (χ4v) is 5.05. The highest BCUT2D eigenvalue weighted by Gasteiger charge is 2.31. The van der Waals surface area contributed by atoms with E-state index in [0.29, 0.717) is 0 Å². The minimum atomic E-state index is -1.36. The lowest BCUT2D eigenvalue weighted by molar-refractivity contribution is -0.137. The van der Waals surface area contributed by atoms with E-state index < -0.39 is 28.1 Å². The first kappa shape index (κ1) is 22.0. The Morgan fingerprint density at radius 2 is 2.00 bits per heavy atom. The molecule has 0 radical (unpaired) electrons. The Kier molecular flexibility index (Phi) is 7.16. The first-order valence-corrected chi connectivity index (χ1v) is 11.8. The van der Waals surface area contributed by atoms with Crippen molar-refractivity contribution in [3.05, 3.63) is 59.7 Å². The van der Waals surface area contributed by atoms with Gasteiger partial charge in [-0.15, -0.1) is 16.5 Å². The molecule has 1 aliphatic rings. The molecule has 0 aliphatic carbocycles. The molecule has 0 spiro atoms. The Morgan fingerprint density at radius 1 is 1.28 bits per heavy atom. The molecule has 2 N–H and O–H groups in total. The van der Waals surface area contributed by atoms with Gasteiger partial charge in [-0.1, -0.05) is 36.4 Å². The first-order chi connectivity index (χ1) is 13.7. The Bertz CT molecular complexity index is 840. The topological polar surface area (TPSA) is 75.6 Å². The lowest BCUT2D eigenvalue weighted by Gasteiger charge is -2.32. The predicted molar refractivity (Wildman–Crippen MR) is 121 cm³/mol. The summed E-state index contributed by atoms with van der Waals surface area (Å²) >= 11 is 0.459.